The maximum Gasteiger partial charge on any atom is 0.0189 e. The van der Waals surface area contributed by atoms with Crippen LogP contribution < -0.4 is 5.73 Å². The molecular weight excluding hydrogens is 238 g/mol. The molecule has 0 amide bonds. The quantitative estimate of drug-likeness (QED) is 0.789. The second-order valence-corrected chi connectivity index (χ2v) is 7.44. The van der Waals surface area contributed by atoms with Crippen LogP contribution in [0.5, 0.6) is 0 Å². The fourth-order valence-electron chi connectivity index (χ4n) is 1.73. The SMILES string of the molecule is CC(C)CCSc1cc(C(C)(C)C)ccc1CN. The topological polar surface area (TPSA) is 26.0 Å². The van der Waals surface area contributed by atoms with Gasteiger partial charge >= 0.3 is 0 Å². The summed E-state index contributed by atoms with van der Waals surface area (Å²) in [7, 11) is 0. The molecule has 0 aromatic heterocycles. The second kappa shape index (κ2) is 6.63. The van der Waals surface area contributed by atoms with Crippen LogP contribution >= 0.6 is 11.8 Å². The van der Waals surface area contributed by atoms with Gasteiger partial charge in [-0.05, 0) is 40.7 Å². The fraction of sp³-hybridized carbons (Fsp3) is 0.625. The summed E-state index contributed by atoms with van der Waals surface area (Å²) in [5.41, 5.74) is 8.71. The minimum Gasteiger partial charge on any atom is -0.326 e. The molecular formula is C16H27NS. The van der Waals surface area contributed by atoms with Crippen molar-refractivity contribution in [3.8, 4) is 0 Å². The van der Waals surface area contributed by atoms with Gasteiger partial charge in [0.1, 0.15) is 0 Å². The molecule has 1 aromatic carbocycles. The average Bonchev–Trinajstić information content (AvgIpc) is 2.27. The number of hydrogen-bond donors (Lipinski definition) is 1. The normalized spacial score (nSPS) is 12.2. The van der Waals surface area contributed by atoms with Crippen molar-refractivity contribution in [2.45, 2.75) is 57.9 Å². The van der Waals surface area contributed by atoms with Crippen LogP contribution in [0.25, 0.3) is 0 Å². The zero-order chi connectivity index (χ0) is 13.8. The molecule has 102 valence electrons. The van der Waals surface area contributed by atoms with E-state index in [9.17, 15) is 0 Å². The van der Waals surface area contributed by atoms with Crippen LogP contribution in [-0.4, -0.2) is 5.75 Å². The van der Waals surface area contributed by atoms with Crippen molar-refractivity contribution in [2.75, 3.05) is 5.75 Å². The van der Waals surface area contributed by atoms with E-state index in [1.54, 1.807) is 0 Å². The fourth-order valence-corrected chi connectivity index (χ4v) is 3.08. The molecule has 1 aromatic rings. The van der Waals surface area contributed by atoms with Gasteiger partial charge in [0.05, 0.1) is 0 Å². The van der Waals surface area contributed by atoms with Crippen LogP contribution in [-0.2, 0) is 12.0 Å². The van der Waals surface area contributed by atoms with Crippen LogP contribution in [0, 0.1) is 5.92 Å². The molecule has 2 N–H and O–H groups in total. The van der Waals surface area contributed by atoms with Crippen LogP contribution in [0.2, 0.25) is 0 Å². The molecule has 0 radical (unpaired) electrons. The van der Waals surface area contributed by atoms with E-state index in [0.29, 0.717) is 6.54 Å². The van der Waals surface area contributed by atoms with Crippen molar-refractivity contribution < 1.29 is 0 Å². The lowest BCUT2D eigenvalue weighted by Gasteiger charge is -2.21. The largest absolute Gasteiger partial charge is 0.326 e. The van der Waals surface area contributed by atoms with Gasteiger partial charge in [-0.1, -0.05) is 46.8 Å². The summed E-state index contributed by atoms with van der Waals surface area (Å²) in [6, 6.07) is 6.74. The van der Waals surface area contributed by atoms with Gasteiger partial charge in [-0.15, -0.1) is 11.8 Å². The first-order valence-corrected chi connectivity index (χ1v) is 7.79. The highest BCUT2D eigenvalue weighted by atomic mass is 32.2. The van der Waals surface area contributed by atoms with Gasteiger partial charge in [0.15, 0.2) is 0 Å². The maximum atomic E-state index is 5.83. The smallest absolute Gasteiger partial charge is 0.0189 e. The van der Waals surface area contributed by atoms with Crippen molar-refractivity contribution in [3.63, 3.8) is 0 Å². The lowest BCUT2D eigenvalue weighted by Crippen LogP contribution is -2.12. The number of hydrogen-bond acceptors (Lipinski definition) is 2. The number of thioether (sulfide) groups is 1. The first-order valence-electron chi connectivity index (χ1n) is 6.81. The van der Waals surface area contributed by atoms with Crippen molar-refractivity contribution in [1.29, 1.82) is 0 Å². The molecule has 0 bridgehead atoms. The van der Waals surface area contributed by atoms with E-state index in [0.717, 1.165) is 5.92 Å². The lowest BCUT2D eigenvalue weighted by molar-refractivity contribution is 0.588. The summed E-state index contributed by atoms with van der Waals surface area (Å²) in [5.74, 6) is 1.95. The third-order valence-electron chi connectivity index (χ3n) is 3.11. The third kappa shape index (κ3) is 4.66. The van der Waals surface area contributed by atoms with Crippen molar-refractivity contribution in [3.05, 3.63) is 29.3 Å². The first-order chi connectivity index (χ1) is 8.34. The third-order valence-corrected chi connectivity index (χ3v) is 4.24. The summed E-state index contributed by atoms with van der Waals surface area (Å²) in [6.07, 6.45) is 1.26. The van der Waals surface area contributed by atoms with Crippen LogP contribution in [0.15, 0.2) is 23.1 Å². The molecule has 1 nitrogen and oxygen atoms in total. The van der Waals surface area contributed by atoms with E-state index < -0.39 is 0 Å². The van der Waals surface area contributed by atoms with E-state index in [2.05, 4.69) is 52.8 Å². The molecule has 0 unspecified atom stereocenters. The number of nitrogens with two attached hydrogens (primary N) is 1. The highest BCUT2D eigenvalue weighted by Crippen LogP contribution is 2.30. The zero-order valence-corrected chi connectivity index (χ0v) is 13.2. The number of benzene rings is 1. The predicted molar refractivity (Wildman–Crippen MR) is 83.2 cm³/mol. The molecule has 0 atom stereocenters. The number of rotatable bonds is 5. The Labute approximate surface area is 117 Å². The van der Waals surface area contributed by atoms with Crippen molar-refractivity contribution in [1.82, 2.24) is 0 Å². The van der Waals surface area contributed by atoms with Crippen molar-refractivity contribution in [2.24, 2.45) is 11.7 Å². The standard InChI is InChI=1S/C16H27NS/c1-12(2)8-9-18-15-10-14(16(3,4)5)7-6-13(15)11-17/h6-7,10,12H,8-9,11,17H2,1-5H3. The molecule has 18 heavy (non-hydrogen) atoms. The lowest BCUT2D eigenvalue weighted by atomic mass is 9.86. The molecule has 0 spiro atoms. The molecule has 0 saturated carbocycles. The highest BCUT2D eigenvalue weighted by molar-refractivity contribution is 7.99. The Balaban J connectivity index is 2.86. The first kappa shape index (κ1) is 15.6. The molecule has 0 aliphatic rings. The second-order valence-electron chi connectivity index (χ2n) is 6.31. The monoisotopic (exact) mass is 265 g/mol. The van der Waals surface area contributed by atoms with Crippen LogP contribution in [0.4, 0.5) is 0 Å². The Bertz CT molecular complexity index is 377. The van der Waals surface area contributed by atoms with E-state index in [1.165, 1.54) is 28.2 Å². The van der Waals surface area contributed by atoms with E-state index in [-0.39, 0.29) is 5.41 Å². The average molecular weight is 265 g/mol. The van der Waals surface area contributed by atoms with Gasteiger partial charge in [-0.25, -0.2) is 0 Å². The van der Waals surface area contributed by atoms with Crippen LogP contribution in [0.1, 0.15) is 52.2 Å². The van der Waals surface area contributed by atoms with Gasteiger partial charge in [0.2, 0.25) is 0 Å². The molecule has 0 saturated heterocycles. The summed E-state index contributed by atoms with van der Waals surface area (Å²) in [5, 5.41) is 0. The summed E-state index contributed by atoms with van der Waals surface area (Å²) in [4.78, 5) is 1.37. The zero-order valence-electron chi connectivity index (χ0n) is 12.4. The molecule has 0 heterocycles. The van der Waals surface area contributed by atoms with Crippen molar-refractivity contribution >= 4 is 11.8 Å². The predicted octanol–water partition coefficient (Wildman–Crippen LogP) is 4.58. The van der Waals surface area contributed by atoms with E-state index >= 15 is 0 Å². The van der Waals surface area contributed by atoms with E-state index in [1.807, 2.05) is 11.8 Å². The highest BCUT2D eigenvalue weighted by Gasteiger charge is 2.15. The summed E-state index contributed by atoms with van der Waals surface area (Å²) < 4.78 is 0. The Morgan fingerprint density at radius 2 is 1.89 bits per heavy atom. The molecule has 1 rings (SSSR count). The molecule has 0 aliphatic heterocycles. The van der Waals surface area contributed by atoms with Gasteiger partial charge in [-0.3, -0.25) is 0 Å². The van der Waals surface area contributed by atoms with Gasteiger partial charge in [0, 0.05) is 11.4 Å². The summed E-state index contributed by atoms with van der Waals surface area (Å²) in [6.45, 7) is 12.0. The van der Waals surface area contributed by atoms with Gasteiger partial charge in [-0.2, -0.15) is 0 Å². The van der Waals surface area contributed by atoms with Crippen LogP contribution in [0.3, 0.4) is 0 Å². The van der Waals surface area contributed by atoms with Gasteiger partial charge < -0.3 is 5.73 Å². The Morgan fingerprint density at radius 1 is 1.22 bits per heavy atom. The molecule has 0 aliphatic carbocycles. The molecule has 0 fully saturated rings. The minimum atomic E-state index is 0.209. The Hall–Kier alpha value is -0.470. The minimum absolute atomic E-state index is 0.209. The van der Waals surface area contributed by atoms with E-state index in [4.69, 9.17) is 5.73 Å². The summed E-state index contributed by atoms with van der Waals surface area (Å²) >= 11 is 1.95. The maximum absolute atomic E-state index is 5.83. The molecule has 2 heteroatoms. The Kier molecular flexibility index (Phi) is 5.74. The van der Waals surface area contributed by atoms with Gasteiger partial charge in [0.25, 0.3) is 0 Å². The Morgan fingerprint density at radius 3 is 2.39 bits per heavy atom.